The number of carboxylic acid groups (broad SMARTS) is 1. The number of halogens is 2. The van der Waals surface area contributed by atoms with Crippen LogP contribution in [-0.2, 0) is 4.79 Å². The lowest BCUT2D eigenvalue weighted by atomic mass is 10.1. The fraction of sp³-hybridized carbons (Fsp3) is 0.0909. The van der Waals surface area contributed by atoms with Crippen molar-refractivity contribution < 1.29 is 19.1 Å². The van der Waals surface area contributed by atoms with E-state index in [-0.39, 0.29) is 10.6 Å². The van der Waals surface area contributed by atoms with Crippen molar-refractivity contribution in [1.29, 1.82) is 0 Å². The van der Waals surface area contributed by atoms with Gasteiger partial charge in [0.15, 0.2) is 5.78 Å². The molecule has 0 aromatic heterocycles. The first kappa shape index (κ1) is 12.4. The number of aryl methyl sites for hydroxylation is 1. The summed E-state index contributed by atoms with van der Waals surface area (Å²) in [6, 6.07) is 2.31. The summed E-state index contributed by atoms with van der Waals surface area (Å²) >= 11 is 5.74. The predicted octanol–water partition coefficient (Wildman–Crippen LogP) is 2.61. The van der Waals surface area contributed by atoms with Crippen molar-refractivity contribution in [3.05, 3.63) is 46.3 Å². The summed E-state index contributed by atoms with van der Waals surface area (Å²) in [7, 11) is 0. The minimum absolute atomic E-state index is 0.0535. The van der Waals surface area contributed by atoms with E-state index in [0.29, 0.717) is 11.6 Å². The average Bonchev–Trinajstić information content (AvgIpc) is 2.20. The van der Waals surface area contributed by atoms with E-state index >= 15 is 0 Å². The van der Waals surface area contributed by atoms with Crippen molar-refractivity contribution in [2.45, 2.75) is 6.92 Å². The molecule has 0 amide bonds. The molecule has 0 fully saturated rings. The van der Waals surface area contributed by atoms with Crippen LogP contribution in [0.3, 0.4) is 0 Å². The lowest BCUT2D eigenvalue weighted by molar-refractivity contribution is -0.131. The molecule has 0 bridgehead atoms. The van der Waals surface area contributed by atoms with E-state index in [9.17, 15) is 14.0 Å². The highest BCUT2D eigenvalue weighted by Gasteiger charge is 2.11. The zero-order valence-corrected chi connectivity index (χ0v) is 9.08. The monoisotopic (exact) mass is 242 g/mol. The summed E-state index contributed by atoms with van der Waals surface area (Å²) in [4.78, 5) is 21.6. The van der Waals surface area contributed by atoms with Crippen LogP contribution in [0.4, 0.5) is 4.39 Å². The molecule has 0 aliphatic rings. The molecule has 0 spiro atoms. The van der Waals surface area contributed by atoms with Crippen LogP contribution in [0.15, 0.2) is 24.3 Å². The van der Waals surface area contributed by atoms with Crippen molar-refractivity contribution >= 4 is 23.4 Å². The molecule has 5 heteroatoms. The molecule has 1 N–H and O–H groups in total. The second-order valence-corrected chi connectivity index (χ2v) is 3.52. The van der Waals surface area contributed by atoms with Crippen LogP contribution in [-0.4, -0.2) is 16.9 Å². The van der Waals surface area contributed by atoms with Crippen LogP contribution in [0, 0.1) is 12.7 Å². The van der Waals surface area contributed by atoms with Crippen LogP contribution in [0.1, 0.15) is 15.9 Å². The molecule has 1 rings (SSSR count). The van der Waals surface area contributed by atoms with Gasteiger partial charge in [0, 0.05) is 11.6 Å². The van der Waals surface area contributed by atoms with Crippen LogP contribution in [0.25, 0.3) is 0 Å². The highest BCUT2D eigenvalue weighted by molar-refractivity contribution is 6.34. The van der Waals surface area contributed by atoms with E-state index in [2.05, 4.69) is 0 Å². The number of allylic oxidation sites excluding steroid dienone is 1. The number of carbonyl (C=O) groups excluding carboxylic acids is 1. The third-order valence-corrected chi connectivity index (χ3v) is 2.20. The third kappa shape index (κ3) is 2.90. The number of carboxylic acids is 1. The lowest BCUT2D eigenvalue weighted by Gasteiger charge is -2.02. The first-order chi connectivity index (χ1) is 7.41. The molecular weight excluding hydrogens is 235 g/mol. The molecule has 1 aromatic carbocycles. The molecule has 0 unspecified atom stereocenters. The van der Waals surface area contributed by atoms with Crippen LogP contribution in [0.2, 0.25) is 5.02 Å². The lowest BCUT2D eigenvalue weighted by Crippen LogP contribution is -1.99. The highest BCUT2D eigenvalue weighted by atomic mass is 35.5. The van der Waals surface area contributed by atoms with E-state index in [0.717, 1.165) is 12.1 Å². The molecule has 1 aromatic rings. The summed E-state index contributed by atoms with van der Waals surface area (Å²) in [5.74, 6) is -2.46. The van der Waals surface area contributed by atoms with Gasteiger partial charge in [-0.2, -0.15) is 0 Å². The Morgan fingerprint density at radius 3 is 2.56 bits per heavy atom. The Hall–Kier alpha value is -1.68. The van der Waals surface area contributed by atoms with Gasteiger partial charge in [-0.25, -0.2) is 9.18 Å². The summed E-state index contributed by atoms with van der Waals surface area (Å²) < 4.78 is 13.2. The Bertz CT molecular complexity index is 480. The average molecular weight is 243 g/mol. The first-order valence-electron chi connectivity index (χ1n) is 4.33. The summed E-state index contributed by atoms with van der Waals surface area (Å²) in [5, 5.41) is 8.43. The highest BCUT2D eigenvalue weighted by Crippen LogP contribution is 2.21. The normalized spacial score (nSPS) is 10.7. The molecule has 84 valence electrons. The van der Waals surface area contributed by atoms with Gasteiger partial charge in [0.1, 0.15) is 5.82 Å². The number of carbonyl (C=O) groups is 2. The van der Waals surface area contributed by atoms with E-state index in [4.69, 9.17) is 16.7 Å². The van der Waals surface area contributed by atoms with Crippen molar-refractivity contribution in [1.82, 2.24) is 0 Å². The van der Waals surface area contributed by atoms with E-state index < -0.39 is 17.6 Å². The fourth-order valence-corrected chi connectivity index (χ4v) is 1.38. The van der Waals surface area contributed by atoms with Crippen molar-refractivity contribution in [3.8, 4) is 0 Å². The van der Waals surface area contributed by atoms with Gasteiger partial charge in [-0.05, 0) is 30.7 Å². The standard InChI is InChI=1S/C11H8ClFO3/c1-6-4-8(12)7(5-9(6)13)10(14)2-3-11(15)16/h2-5H,1H3,(H,15,16)/b3-2+. The Morgan fingerprint density at radius 1 is 1.38 bits per heavy atom. The number of hydrogen-bond acceptors (Lipinski definition) is 2. The molecule has 16 heavy (non-hydrogen) atoms. The second kappa shape index (κ2) is 4.90. The molecule has 0 heterocycles. The van der Waals surface area contributed by atoms with Crippen LogP contribution < -0.4 is 0 Å². The molecule has 0 radical (unpaired) electrons. The smallest absolute Gasteiger partial charge is 0.328 e. The van der Waals surface area contributed by atoms with E-state index in [1.54, 1.807) is 0 Å². The zero-order chi connectivity index (χ0) is 12.3. The number of aliphatic carboxylic acids is 1. The number of benzene rings is 1. The van der Waals surface area contributed by atoms with E-state index in [1.807, 2.05) is 0 Å². The zero-order valence-electron chi connectivity index (χ0n) is 8.33. The Morgan fingerprint density at radius 2 is 2.00 bits per heavy atom. The maximum atomic E-state index is 13.2. The van der Waals surface area contributed by atoms with Crippen molar-refractivity contribution in [2.24, 2.45) is 0 Å². The molecule has 0 aliphatic heterocycles. The third-order valence-electron chi connectivity index (χ3n) is 1.89. The maximum absolute atomic E-state index is 13.2. The summed E-state index contributed by atoms with van der Waals surface area (Å²) in [6.07, 6.45) is 1.51. The van der Waals surface area contributed by atoms with Crippen LogP contribution in [0.5, 0.6) is 0 Å². The summed E-state index contributed by atoms with van der Waals surface area (Å²) in [5.41, 5.74) is 0.269. The van der Waals surface area contributed by atoms with Gasteiger partial charge in [-0.15, -0.1) is 0 Å². The minimum Gasteiger partial charge on any atom is -0.478 e. The quantitative estimate of drug-likeness (QED) is 0.655. The van der Waals surface area contributed by atoms with Gasteiger partial charge in [0.2, 0.25) is 0 Å². The van der Waals surface area contributed by atoms with Gasteiger partial charge < -0.3 is 5.11 Å². The number of hydrogen-bond donors (Lipinski definition) is 1. The molecular formula is C11H8ClFO3. The second-order valence-electron chi connectivity index (χ2n) is 3.12. The van der Waals surface area contributed by atoms with Gasteiger partial charge >= 0.3 is 5.97 Å². The Balaban J connectivity index is 3.09. The van der Waals surface area contributed by atoms with Gasteiger partial charge in [-0.3, -0.25) is 4.79 Å². The van der Waals surface area contributed by atoms with Crippen molar-refractivity contribution in [2.75, 3.05) is 0 Å². The SMILES string of the molecule is Cc1cc(Cl)c(C(=O)/C=C/C(=O)O)cc1F. The summed E-state index contributed by atoms with van der Waals surface area (Å²) in [6.45, 7) is 1.52. The fourth-order valence-electron chi connectivity index (χ4n) is 1.07. The topological polar surface area (TPSA) is 54.4 Å². The molecule has 0 aliphatic carbocycles. The molecule has 0 saturated carbocycles. The minimum atomic E-state index is -1.25. The number of ketones is 1. The predicted molar refractivity (Wildman–Crippen MR) is 57.3 cm³/mol. The van der Waals surface area contributed by atoms with Crippen molar-refractivity contribution in [3.63, 3.8) is 0 Å². The molecule has 0 atom stereocenters. The van der Waals surface area contributed by atoms with Gasteiger partial charge in [0.05, 0.1) is 5.02 Å². The number of rotatable bonds is 3. The molecule has 3 nitrogen and oxygen atoms in total. The van der Waals surface area contributed by atoms with E-state index in [1.165, 1.54) is 13.0 Å². The van der Waals surface area contributed by atoms with Crippen LogP contribution >= 0.6 is 11.6 Å². The first-order valence-corrected chi connectivity index (χ1v) is 4.70. The maximum Gasteiger partial charge on any atom is 0.328 e. The Kier molecular flexibility index (Phi) is 3.79. The van der Waals surface area contributed by atoms with Gasteiger partial charge in [0.25, 0.3) is 0 Å². The molecule has 0 saturated heterocycles. The largest absolute Gasteiger partial charge is 0.478 e. The Labute approximate surface area is 96.2 Å². The van der Waals surface area contributed by atoms with Gasteiger partial charge in [-0.1, -0.05) is 11.6 Å².